The average molecular weight is 351 g/mol. The predicted octanol–water partition coefficient (Wildman–Crippen LogP) is 3.16. The molecule has 0 aliphatic rings. The second kappa shape index (κ2) is 8.35. The number of rotatable bonds is 6. The van der Waals surface area contributed by atoms with Crippen molar-refractivity contribution in [3.63, 3.8) is 0 Å². The maximum atomic E-state index is 12.2. The highest BCUT2D eigenvalue weighted by Crippen LogP contribution is 2.25. The van der Waals surface area contributed by atoms with Crippen LogP contribution in [0.5, 0.6) is 5.75 Å². The first-order valence-electron chi connectivity index (χ1n) is 7.60. The molecule has 0 heterocycles. The Labute approximate surface area is 150 Å². The van der Waals surface area contributed by atoms with E-state index in [-0.39, 0.29) is 11.1 Å². The van der Waals surface area contributed by atoms with Gasteiger partial charge in [-0.2, -0.15) is 5.26 Å². The standard InChI is InChI=1S/C19H17N3O4/c1-12-3-8-17(26-2)16(9-12)21-11-14(10-20)18(23)22-15-6-4-13(5-7-15)19(24)25/h3-9,11,21H,1-2H3,(H,22,23)(H,24,25)/b14-11-. The van der Waals surface area contributed by atoms with Gasteiger partial charge in [0.25, 0.3) is 5.91 Å². The molecule has 0 aliphatic carbocycles. The van der Waals surface area contributed by atoms with Crippen LogP contribution in [0.4, 0.5) is 11.4 Å². The van der Waals surface area contributed by atoms with Crippen LogP contribution < -0.4 is 15.4 Å². The van der Waals surface area contributed by atoms with Crippen LogP contribution in [0.2, 0.25) is 0 Å². The van der Waals surface area contributed by atoms with Crippen molar-refractivity contribution in [1.29, 1.82) is 5.26 Å². The molecule has 0 unspecified atom stereocenters. The number of carbonyl (C=O) groups is 2. The lowest BCUT2D eigenvalue weighted by molar-refractivity contribution is -0.112. The molecule has 2 aromatic rings. The minimum Gasteiger partial charge on any atom is -0.495 e. The summed E-state index contributed by atoms with van der Waals surface area (Å²) in [6, 6.07) is 12.9. The Morgan fingerprint density at radius 3 is 2.46 bits per heavy atom. The molecule has 132 valence electrons. The Balaban J connectivity index is 2.13. The van der Waals surface area contributed by atoms with Gasteiger partial charge in [-0.15, -0.1) is 0 Å². The van der Waals surface area contributed by atoms with Crippen molar-refractivity contribution in [3.8, 4) is 11.8 Å². The molecule has 2 aromatic carbocycles. The Morgan fingerprint density at radius 1 is 1.19 bits per heavy atom. The molecule has 0 saturated carbocycles. The van der Waals surface area contributed by atoms with Crippen LogP contribution in [-0.4, -0.2) is 24.1 Å². The third kappa shape index (κ3) is 4.61. The van der Waals surface area contributed by atoms with Gasteiger partial charge < -0.3 is 20.5 Å². The van der Waals surface area contributed by atoms with Crippen LogP contribution >= 0.6 is 0 Å². The van der Waals surface area contributed by atoms with Crippen molar-refractivity contribution >= 4 is 23.3 Å². The smallest absolute Gasteiger partial charge is 0.335 e. The summed E-state index contributed by atoms with van der Waals surface area (Å²) < 4.78 is 5.23. The second-order valence-corrected chi connectivity index (χ2v) is 5.35. The summed E-state index contributed by atoms with van der Waals surface area (Å²) >= 11 is 0. The number of carboxylic acids is 1. The van der Waals surface area contributed by atoms with Gasteiger partial charge in [0.15, 0.2) is 0 Å². The third-order valence-electron chi connectivity index (χ3n) is 3.48. The number of nitriles is 1. The largest absolute Gasteiger partial charge is 0.495 e. The summed E-state index contributed by atoms with van der Waals surface area (Å²) in [5, 5.41) is 23.5. The van der Waals surface area contributed by atoms with Crippen molar-refractivity contribution in [2.75, 3.05) is 17.7 Å². The summed E-state index contributed by atoms with van der Waals surface area (Å²) in [5.41, 5.74) is 1.96. The molecule has 26 heavy (non-hydrogen) atoms. The summed E-state index contributed by atoms with van der Waals surface area (Å²) in [6.45, 7) is 1.91. The van der Waals surface area contributed by atoms with Crippen LogP contribution in [0.1, 0.15) is 15.9 Å². The lowest BCUT2D eigenvalue weighted by Crippen LogP contribution is -2.14. The van der Waals surface area contributed by atoms with E-state index in [0.717, 1.165) is 5.56 Å². The summed E-state index contributed by atoms with van der Waals surface area (Å²) in [4.78, 5) is 23.0. The molecule has 2 rings (SSSR count). The van der Waals surface area contributed by atoms with E-state index < -0.39 is 11.9 Å². The topological polar surface area (TPSA) is 111 Å². The van der Waals surface area contributed by atoms with Crippen molar-refractivity contribution in [1.82, 2.24) is 0 Å². The van der Waals surface area contributed by atoms with Gasteiger partial charge >= 0.3 is 5.97 Å². The number of anilines is 2. The Kier molecular flexibility index (Phi) is 5.96. The lowest BCUT2D eigenvalue weighted by Gasteiger charge is -2.10. The molecule has 0 saturated heterocycles. The Bertz CT molecular complexity index is 896. The molecule has 0 atom stereocenters. The van der Waals surface area contributed by atoms with Crippen molar-refractivity contribution in [2.45, 2.75) is 6.92 Å². The van der Waals surface area contributed by atoms with E-state index in [1.807, 2.05) is 25.1 Å². The number of hydrogen-bond donors (Lipinski definition) is 3. The summed E-state index contributed by atoms with van der Waals surface area (Å²) in [5.74, 6) is -1.10. The molecular formula is C19H17N3O4. The SMILES string of the molecule is COc1ccc(C)cc1N/C=C(/C#N)C(=O)Nc1ccc(C(=O)O)cc1. The van der Waals surface area contributed by atoms with E-state index in [2.05, 4.69) is 10.6 Å². The van der Waals surface area contributed by atoms with Gasteiger partial charge in [0.1, 0.15) is 17.4 Å². The molecule has 0 spiro atoms. The van der Waals surface area contributed by atoms with E-state index in [1.165, 1.54) is 37.6 Å². The number of carbonyl (C=O) groups excluding carboxylic acids is 1. The zero-order valence-electron chi connectivity index (χ0n) is 14.2. The normalized spacial score (nSPS) is 10.6. The fraction of sp³-hybridized carbons (Fsp3) is 0.105. The average Bonchev–Trinajstić information content (AvgIpc) is 2.63. The number of ether oxygens (including phenoxy) is 1. The highest BCUT2D eigenvalue weighted by molar-refractivity contribution is 6.06. The molecule has 3 N–H and O–H groups in total. The van der Waals surface area contributed by atoms with Gasteiger partial charge in [-0.05, 0) is 48.9 Å². The molecule has 0 fully saturated rings. The number of benzene rings is 2. The van der Waals surface area contributed by atoms with Gasteiger partial charge in [0.05, 0.1) is 18.4 Å². The number of nitrogens with one attached hydrogen (secondary N) is 2. The number of amides is 1. The number of hydrogen-bond acceptors (Lipinski definition) is 5. The van der Waals surface area contributed by atoms with Crippen LogP contribution in [-0.2, 0) is 4.79 Å². The monoisotopic (exact) mass is 351 g/mol. The van der Waals surface area contributed by atoms with Crippen molar-refractivity contribution < 1.29 is 19.4 Å². The van der Waals surface area contributed by atoms with E-state index in [0.29, 0.717) is 17.1 Å². The number of carboxylic acid groups (broad SMARTS) is 1. The predicted molar refractivity (Wildman–Crippen MR) is 97.1 cm³/mol. The Morgan fingerprint density at radius 2 is 1.88 bits per heavy atom. The number of aromatic carboxylic acids is 1. The maximum absolute atomic E-state index is 12.2. The van der Waals surface area contributed by atoms with E-state index in [1.54, 1.807) is 6.07 Å². The van der Waals surface area contributed by atoms with Crippen LogP contribution in [0, 0.1) is 18.3 Å². The fourth-order valence-electron chi connectivity index (χ4n) is 2.13. The minimum absolute atomic E-state index is 0.104. The number of aryl methyl sites for hydroxylation is 1. The van der Waals surface area contributed by atoms with E-state index in [9.17, 15) is 14.9 Å². The third-order valence-corrected chi connectivity index (χ3v) is 3.48. The van der Waals surface area contributed by atoms with E-state index >= 15 is 0 Å². The molecule has 7 nitrogen and oxygen atoms in total. The molecule has 0 radical (unpaired) electrons. The Hall–Kier alpha value is -3.79. The first-order valence-corrected chi connectivity index (χ1v) is 7.60. The zero-order chi connectivity index (χ0) is 19.1. The van der Waals surface area contributed by atoms with E-state index in [4.69, 9.17) is 9.84 Å². The van der Waals surface area contributed by atoms with Gasteiger partial charge in [-0.3, -0.25) is 4.79 Å². The first kappa shape index (κ1) is 18.5. The zero-order valence-corrected chi connectivity index (χ0v) is 14.2. The maximum Gasteiger partial charge on any atom is 0.335 e. The van der Waals surface area contributed by atoms with Crippen molar-refractivity contribution in [2.24, 2.45) is 0 Å². The molecule has 0 bridgehead atoms. The first-order chi connectivity index (χ1) is 12.4. The molecular weight excluding hydrogens is 334 g/mol. The highest BCUT2D eigenvalue weighted by atomic mass is 16.5. The van der Waals surface area contributed by atoms with Crippen molar-refractivity contribution in [3.05, 3.63) is 65.4 Å². The quantitative estimate of drug-likeness (QED) is 0.544. The number of nitrogens with zero attached hydrogens (tertiary/aromatic N) is 1. The fourth-order valence-corrected chi connectivity index (χ4v) is 2.13. The van der Waals surface area contributed by atoms with Gasteiger partial charge in [-0.25, -0.2) is 4.79 Å². The lowest BCUT2D eigenvalue weighted by atomic mass is 10.2. The highest BCUT2D eigenvalue weighted by Gasteiger charge is 2.11. The van der Waals surface area contributed by atoms with Crippen LogP contribution in [0.3, 0.4) is 0 Å². The minimum atomic E-state index is -1.06. The number of methoxy groups -OCH3 is 1. The summed E-state index contributed by atoms with van der Waals surface area (Å²) in [7, 11) is 1.53. The van der Waals surface area contributed by atoms with Gasteiger partial charge in [-0.1, -0.05) is 6.07 Å². The van der Waals surface area contributed by atoms with Gasteiger partial charge in [0, 0.05) is 11.9 Å². The molecule has 7 heteroatoms. The molecule has 1 amide bonds. The second-order valence-electron chi connectivity index (χ2n) is 5.35. The van der Waals surface area contributed by atoms with Crippen LogP contribution in [0.25, 0.3) is 0 Å². The van der Waals surface area contributed by atoms with Crippen LogP contribution in [0.15, 0.2) is 54.2 Å². The summed E-state index contributed by atoms with van der Waals surface area (Å²) in [6.07, 6.45) is 1.29. The molecule has 0 aliphatic heterocycles. The van der Waals surface area contributed by atoms with Gasteiger partial charge in [0.2, 0.25) is 0 Å². The molecule has 0 aromatic heterocycles.